The lowest BCUT2D eigenvalue weighted by molar-refractivity contribution is -0.176. The molecule has 0 aliphatic carbocycles. The van der Waals surface area contributed by atoms with Crippen LogP contribution in [0, 0.1) is 11.3 Å². The summed E-state index contributed by atoms with van der Waals surface area (Å²) in [6.45, 7) is 0.729. The number of hydrogen-bond acceptors (Lipinski definition) is 5. The van der Waals surface area contributed by atoms with Crippen molar-refractivity contribution in [1.82, 2.24) is 5.32 Å². The van der Waals surface area contributed by atoms with E-state index in [4.69, 9.17) is 14.7 Å². The Morgan fingerprint density at radius 1 is 1.07 bits per heavy atom. The second kappa shape index (κ2) is 11.1. The molecule has 0 aliphatic rings. The number of carbonyl (C=O) groups excluding carboxylic acids is 1. The van der Waals surface area contributed by atoms with Crippen LogP contribution in [0.15, 0.2) is 42.5 Å². The van der Waals surface area contributed by atoms with E-state index in [-0.39, 0.29) is 25.7 Å². The summed E-state index contributed by atoms with van der Waals surface area (Å²) < 4.78 is 51.7. The van der Waals surface area contributed by atoms with E-state index in [9.17, 15) is 18.0 Å². The summed E-state index contributed by atoms with van der Waals surface area (Å²) in [4.78, 5) is 12.0. The van der Waals surface area contributed by atoms with Crippen LogP contribution in [0.3, 0.4) is 0 Å². The minimum Gasteiger partial charge on any atom is -0.490 e. The van der Waals surface area contributed by atoms with Gasteiger partial charge < -0.3 is 19.5 Å². The minimum atomic E-state index is -4.35. The summed E-state index contributed by atoms with van der Waals surface area (Å²) in [5.74, 6) is 0.376. The van der Waals surface area contributed by atoms with Gasteiger partial charge in [-0.3, -0.25) is 4.79 Å². The molecule has 2 aromatic rings. The molecular weight excluding hydrogens is 401 g/mol. The number of hydrogen-bond donors (Lipinski definition) is 1. The normalized spacial score (nSPS) is 10.9. The smallest absolute Gasteiger partial charge is 0.411 e. The molecule has 0 radical (unpaired) electrons. The molecule has 160 valence electrons. The van der Waals surface area contributed by atoms with Crippen LogP contribution in [0.2, 0.25) is 0 Å². The third-order valence-electron chi connectivity index (χ3n) is 3.78. The molecule has 9 heteroatoms. The van der Waals surface area contributed by atoms with Gasteiger partial charge in [0.05, 0.1) is 24.8 Å². The first kappa shape index (κ1) is 23.0. The van der Waals surface area contributed by atoms with E-state index in [1.807, 2.05) is 6.07 Å². The van der Waals surface area contributed by atoms with Crippen molar-refractivity contribution in [3.05, 3.63) is 59.2 Å². The average Bonchev–Trinajstić information content (AvgIpc) is 2.71. The topological polar surface area (TPSA) is 80.6 Å². The molecule has 0 fully saturated rings. The molecule has 0 aliphatic heterocycles. The lowest BCUT2D eigenvalue weighted by atomic mass is 10.1. The molecule has 0 atom stereocenters. The third kappa shape index (κ3) is 8.01. The highest BCUT2D eigenvalue weighted by molar-refractivity contribution is 5.77. The molecule has 0 unspecified atom stereocenters. The van der Waals surface area contributed by atoms with E-state index < -0.39 is 12.8 Å². The number of halogens is 3. The molecule has 30 heavy (non-hydrogen) atoms. The Hall–Kier alpha value is -3.25. The highest BCUT2D eigenvalue weighted by atomic mass is 19.4. The van der Waals surface area contributed by atoms with E-state index >= 15 is 0 Å². The Morgan fingerprint density at radius 3 is 2.40 bits per heavy atom. The quantitative estimate of drug-likeness (QED) is 0.631. The second-order valence-corrected chi connectivity index (χ2v) is 6.20. The number of carbonyl (C=O) groups is 1. The number of nitrogens with one attached hydrogen (secondary N) is 1. The zero-order valence-electron chi connectivity index (χ0n) is 16.3. The highest BCUT2D eigenvalue weighted by Gasteiger charge is 2.27. The van der Waals surface area contributed by atoms with Gasteiger partial charge in [0.2, 0.25) is 0 Å². The number of nitrogens with zero attached hydrogens (tertiary/aromatic N) is 1. The Labute approximate surface area is 172 Å². The molecular formula is C21H21F3N2O4. The number of alkyl halides is 3. The van der Waals surface area contributed by atoms with E-state index in [1.165, 1.54) is 6.07 Å². The fourth-order valence-electron chi connectivity index (χ4n) is 2.40. The molecule has 1 amide bonds. The second-order valence-electron chi connectivity index (χ2n) is 6.20. The highest BCUT2D eigenvalue weighted by Crippen LogP contribution is 2.28. The van der Waals surface area contributed by atoms with Crippen molar-refractivity contribution in [2.24, 2.45) is 0 Å². The Morgan fingerprint density at radius 2 is 1.77 bits per heavy atom. The van der Waals surface area contributed by atoms with E-state index in [0.717, 1.165) is 5.56 Å². The number of benzene rings is 2. The van der Waals surface area contributed by atoms with Gasteiger partial charge in [-0.1, -0.05) is 24.3 Å². The summed E-state index contributed by atoms with van der Waals surface area (Å²) in [6.07, 6.45) is -4.35. The summed E-state index contributed by atoms with van der Waals surface area (Å²) in [5, 5.41) is 11.6. The summed E-state index contributed by atoms with van der Waals surface area (Å²) >= 11 is 0. The lowest BCUT2D eigenvalue weighted by Crippen LogP contribution is -2.28. The van der Waals surface area contributed by atoms with Crippen LogP contribution in [-0.2, 0) is 22.7 Å². The van der Waals surface area contributed by atoms with Gasteiger partial charge in [-0.15, -0.1) is 0 Å². The zero-order chi connectivity index (χ0) is 22.0. The van der Waals surface area contributed by atoms with Gasteiger partial charge >= 0.3 is 6.18 Å². The van der Waals surface area contributed by atoms with E-state index in [2.05, 4.69) is 10.1 Å². The fraction of sp³-hybridized carbons (Fsp3) is 0.333. The van der Waals surface area contributed by atoms with Gasteiger partial charge in [0.25, 0.3) is 5.91 Å². The molecule has 2 rings (SSSR count). The Kier molecular flexibility index (Phi) is 8.50. The van der Waals surface area contributed by atoms with Crippen LogP contribution in [0.4, 0.5) is 13.2 Å². The first-order valence-corrected chi connectivity index (χ1v) is 9.09. The molecule has 6 nitrogen and oxygen atoms in total. The van der Waals surface area contributed by atoms with E-state index in [0.29, 0.717) is 29.2 Å². The maximum Gasteiger partial charge on any atom is 0.411 e. The van der Waals surface area contributed by atoms with Crippen LogP contribution in [0.25, 0.3) is 0 Å². The molecule has 0 aromatic heterocycles. The first-order chi connectivity index (χ1) is 14.3. The third-order valence-corrected chi connectivity index (χ3v) is 3.78. The maximum absolute atomic E-state index is 12.1. The molecule has 0 spiro atoms. The van der Waals surface area contributed by atoms with Gasteiger partial charge in [0.15, 0.2) is 18.1 Å². The van der Waals surface area contributed by atoms with Crippen molar-refractivity contribution in [1.29, 1.82) is 5.26 Å². The standard InChI is InChI=1S/C21H21F3N2O4/c1-2-29-19-9-17(10-25)7-8-18(19)30-13-20(27)26-11-15-3-5-16(6-4-15)12-28-14-21(22,23)24/h3-9H,2,11-14H2,1H3,(H,26,27). The molecule has 0 saturated carbocycles. The van der Waals surface area contributed by atoms with Crippen molar-refractivity contribution in [2.75, 3.05) is 19.8 Å². The zero-order valence-corrected chi connectivity index (χ0v) is 16.3. The van der Waals surface area contributed by atoms with Crippen molar-refractivity contribution in [3.63, 3.8) is 0 Å². The lowest BCUT2D eigenvalue weighted by Gasteiger charge is -2.12. The monoisotopic (exact) mass is 422 g/mol. The van der Waals surface area contributed by atoms with Crippen molar-refractivity contribution in [3.8, 4) is 17.6 Å². The van der Waals surface area contributed by atoms with Gasteiger partial charge in [-0.25, -0.2) is 0 Å². The SMILES string of the molecule is CCOc1cc(C#N)ccc1OCC(=O)NCc1ccc(COCC(F)(F)F)cc1. The summed E-state index contributed by atoms with van der Waals surface area (Å²) in [7, 11) is 0. The Balaban J connectivity index is 1.79. The van der Waals surface area contributed by atoms with Gasteiger partial charge in [0.1, 0.15) is 6.61 Å². The number of amides is 1. The number of nitriles is 1. The molecule has 0 heterocycles. The fourth-order valence-corrected chi connectivity index (χ4v) is 2.40. The molecule has 0 saturated heterocycles. The minimum absolute atomic E-state index is 0.146. The largest absolute Gasteiger partial charge is 0.490 e. The van der Waals surface area contributed by atoms with Crippen molar-refractivity contribution >= 4 is 5.91 Å². The number of rotatable bonds is 10. The van der Waals surface area contributed by atoms with Gasteiger partial charge in [0, 0.05) is 12.6 Å². The first-order valence-electron chi connectivity index (χ1n) is 9.09. The predicted octanol–water partition coefficient (Wildman–Crippen LogP) is 3.73. The Bertz CT molecular complexity index is 877. The molecule has 2 aromatic carbocycles. The van der Waals surface area contributed by atoms with Crippen LogP contribution < -0.4 is 14.8 Å². The summed E-state index contributed by atoms with van der Waals surface area (Å²) in [5.41, 5.74) is 1.79. The van der Waals surface area contributed by atoms with Crippen molar-refractivity contribution < 1.29 is 32.2 Å². The van der Waals surface area contributed by atoms with Crippen LogP contribution in [0.1, 0.15) is 23.6 Å². The summed E-state index contributed by atoms with van der Waals surface area (Å²) in [6, 6.07) is 13.3. The van der Waals surface area contributed by atoms with Crippen LogP contribution in [-0.4, -0.2) is 31.9 Å². The predicted molar refractivity (Wildman–Crippen MR) is 102 cm³/mol. The molecule has 1 N–H and O–H groups in total. The van der Waals surface area contributed by atoms with Crippen LogP contribution >= 0.6 is 0 Å². The van der Waals surface area contributed by atoms with E-state index in [1.54, 1.807) is 43.3 Å². The van der Waals surface area contributed by atoms with Crippen LogP contribution in [0.5, 0.6) is 11.5 Å². The van der Waals surface area contributed by atoms with Crippen molar-refractivity contribution in [2.45, 2.75) is 26.3 Å². The van der Waals surface area contributed by atoms with Gasteiger partial charge in [-0.2, -0.15) is 18.4 Å². The maximum atomic E-state index is 12.1. The average molecular weight is 422 g/mol. The van der Waals surface area contributed by atoms with Gasteiger partial charge in [-0.05, 0) is 30.2 Å². The number of ether oxygens (including phenoxy) is 3. The molecule has 0 bridgehead atoms.